The number of carbonyl (C=O) groups excluding carboxylic acids is 1. The lowest BCUT2D eigenvalue weighted by atomic mass is 9.34. The second-order valence-electron chi connectivity index (χ2n) is 7.61. The average Bonchev–Trinajstić information content (AvgIpc) is 3.08. The van der Waals surface area contributed by atoms with E-state index in [0.29, 0.717) is 19.0 Å². The van der Waals surface area contributed by atoms with Crippen molar-refractivity contribution < 1.29 is 23.5 Å². The van der Waals surface area contributed by atoms with Crippen LogP contribution in [0.25, 0.3) is 0 Å². The Labute approximate surface area is 135 Å². The average molecular weight is 321 g/mol. The van der Waals surface area contributed by atoms with E-state index in [1.54, 1.807) is 0 Å². The van der Waals surface area contributed by atoms with Crippen molar-refractivity contribution in [1.82, 2.24) is 5.16 Å². The quantitative estimate of drug-likeness (QED) is 0.776. The fraction of sp³-hybridized carbons (Fsp3) is 0.765. The van der Waals surface area contributed by atoms with Gasteiger partial charge in [-0.2, -0.15) is 0 Å². The van der Waals surface area contributed by atoms with Gasteiger partial charge in [-0.1, -0.05) is 19.0 Å². The van der Waals surface area contributed by atoms with Crippen LogP contribution in [-0.4, -0.2) is 37.7 Å². The van der Waals surface area contributed by atoms with E-state index < -0.39 is 5.92 Å². The second-order valence-corrected chi connectivity index (χ2v) is 7.61. The Hall–Kier alpha value is -1.40. The van der Waals surface area contributed by atoms with Crippen molar-refractivity contribution in [3.8, 4) is 0 Å². The second kappa shape index (κ2) is 5.05. The molecule has 1 saturated heterocycles. The van der Waals surface area contributed by atoms with Crippen LogP contribution >= 0.6 is 0 Å². The molecule has 0 N–H and O–H groups in total. The summed E-state index contributed by atoms with van der Waals surface area (Å²) in [5.74, 6) is 0.0329. The zero-order valence-corrected chi connectivity index (χ0v) is 13.8. The number of carbonyl (C=O) groups is 1. The van der Waals surface area contributed by atoms with E-state index in [9.17, 15) is 4.79 Å². The zero-order valence-electron chi connectivity index (χ0n) is 13.8. The lowest BCUT2D eigenvalue weighted by molar-refractivity contribution is -0.273. The highest BCUT2D eigenvalue weighted by atomic mass is 16.7. The van der Waals surface area contributed by atoms with Gasteiger partial charge in [-0.05, 0) is 25.2 Å². The van der Waals surface area contributed by atoms with Crippen LogP contribution in [0.2, 0.25) is 0 Å². The minimum atomic E-state index is -0.399. The third-order valence-corrected chi connectivity index (χ3v) is 5.69. The summed E-state index contributed by atoms with van der Waals surface area (Å²) in [6.45, 7) is 5.36. The summed E-state index contributed by atoms with van der Waals surface area (Å²) in [4.78, 5) is 12.0. The van der Waals surface area contributed by atoms with Crippen molar-refractivity contribution in [2.75, 3.05) is 20.3 Å². The summed E-state index contributed by atoms with van der Waals surface area (Å²) in [7, 11) is 1.40. The lowest BCUT2D eigenvalue weighted by Crippen LogP contribution is -2.69. The fourth-order valence-electron chi connectivity index (χ4n) is 4.63. The monoisotopic (exact) mass is 321 g/mol. The summed E-state index contributed by atoms with van der Waals surface area (Å²) in [6.07, 6.45) is 3.04. The highest BCUT2D eigenvalue weighted by Gasteiger charge is 2.73. The molecule has 1 aromatic rings. The molecular formula is C17H23NO5. The molecule has 2 bridgehead atoms. The van der Waals surface area contributed by atoms with Crippen LogP contribution in [0.4, 0.5) is 0 Å². The van der Waals surface area contributed by atoms with Crippen LogP contribution in [0.1, 0.15) is 50.5 Å². The van der Waals surface area contributed by atoms with E-state index in [2.05, 4.69) is 5.16 Å². The van der Waals surface area contributed by atoms with Crippen LogP contribution in [0.5, 0.6) is 0 Å². The molecular weight excluding hydrogens is 298 g/mol. The maximum absolute atomic E-state index is 12.0. The fourth-order valence-corrected chi connectivity index (χ4v) is 4.63. The molecule has 2 heterocycles. The van der Waals surface area contributed by atoms with Crippen molar-refractivity contribution in [1.29, 1.82) is 0 Å². The van der Waals surface area contributed by atoms with Gasteiger partial charge in [0, 0.05) is 16.9 Å². The molecule has 3 aliphatic carbocycles. The molecule has 0 spiro atoms. The first-order chi connectivity index (χ1) is 11.0. The Balaban J connectivity index is 1.49. The van der Waals surface area contributed by atoms with Crippen molar-refractivity contribution in [3.63, 3.8) is 0 Å². The smallest absolute Gasteiger partial charge is 0.316 e. The van der Waals surface area contributed by atoms with Gasteiger partial charge in [0.25, 0.3) is 0 Å². The van der Waals surface area contributed by atoms with Gasteiger partial charge in [0.2, 0.25) is 0 Å². The molecule has 6 nitrogen and oxygen atoms in total. The molecule has 1 atom stereocenters. The highest BCUT2D eigenvalue weighted by molar-refractivity contribution is 5.77. The predicted octanol–water partition coefficient (Wildman–Crippen LogP) is 2.38. The third kappa shape index (κ3) is 2.08. The molecule has 6 heteroatoms. The van der Waals surface area contributed by atoms with Crippen LogP contribution in [0, 0.1) is 11.3 Å². The summed E-state index contributed by atoms with van der Waals surface area (Å²) in [6, 6.07) is 1.95. The number of aromatic nitrogens is 1. The molecule has 126 valence electrons. The summed E-state index contributed by atoms with van der Waals surface area (Å²) < 4.78 is 21.7. The Morgan fingerprint density at radius 1 is 1.30 bits per heavy atom. The van der Waals surface area contributed by atoms with Crippen molar-refractivity contribution in [2.24, 2.45) is 11.3 Å². The maximum Gasteiger partial charge on any atom is 0.316 e. The Bertz CT molecular complexity index is 596. The number of hydrogen-bond donors (Lipinski definition) is 0. The van der Waals surface area contributed by atoms with Gasteiger partial charge in [-0.25, -0.2) is 0 Å². The molecule has 0 radical (unpaired) electrons. The largest absolute Gasteiger partial charge is 0.468 e. The summed E-state index contributed by atoms with van der Waals surface area (Å²) in [5.41, 5.74) is 1.23. The first-order valence-corrected chi connectivity index (χ1v) is 8.28. The van der Waals surface area contributed by atoms with Gasteiger partial charge in [0.1, 0.15) is 5.92 Å². The molecule has 0 amide bonds. The van der Waals surface area contributed by atoms with Gasteiger partial charge in [-0.3, -0.25) is 4.79 Å². The number of hydrogen-bond acceptors (Lipinski definition) is 6. The molecule has 0 aromatic carbocycles. The minimum absolute atomic E-state index is 0.0470. The van der Waals surface area contributed by atoms with Crippen molar-refractivity contribution >= 4 is 5.97 Å². The Morgan fingerprint density at radius 2 is 1.96 bits per heavy atom. The molecule has 4 aliphatic rings. The van der Waals surface area contributed by atoms with Gasteiger partial charge in [0.15, 0.2) is 12.1 Å². The van der Waals surface area contributed by atoms with Crippen LogP contribution in [0.15, 0.2) is 10.6 Å². The van der Waals surface area contributed by atoms with Crippen molar-refractivity contribution in [3.05, 3.63) is 17.5 Å². The van der Waals surface area contributed by atoms with Gasteiger partial charge in [-0.15, -0.1) is 0 Å². The number of methoxy groups -OCH3 is 1. The van der Waals surface area contributed by atoms with E-state index in [-0.39, 0.29) is 29.0 Å². The Morgan fingerprint density at radius 3 is 2.52 bits per heavy atom. The maximum atomic E-state index is 12.0. The molecule has 3 saturated carbocycles. The third-order valence-electron chi connectivity index (χ3n) is 5.69. The number of esters is 1. The van der Waals surface area contributed by atoms with E-state index >= 15 is 0 Å². The van der Waals surface area contributed by atoms with Gasteiger partial charge < -0.3 is 18.7 Å². The topological polar surface area (TPSA) is 70.8 Å². The van der Waals surface area contributed by atoms with Crippen LogP contribution in [0.3, 0.4) is 0 Å². The number of nitrogens with zero attached hydrogens (tertiary/aromatic N) is 1. The zero-order chi connectivity index (χ0) is 16.2. The lowest BCUT2D eigenvalue weighted by Gasteiger charge is -2.70. The van der Waals surface area contributed by atoms with E-state index in [1.165, 1.54) is 7.11 Å². The SMILES string of the molecule is COC(=O)C(c1cc(C23CC(C4OCCO4)(C2)C3)no1)C(C)C. The normalized spacial score (nSPS) is 34.1. The first kappa shape index (κ1) is 15.1. The predicted molar refractivity (Wildman–Crippen MR) is 79.8 cm³/mol. The minimum Gasteiger partial charge on any atom is -0.468 e. The summed E-state index contributed by atoms with van der Waals surface area (Å²) >= 11 is 0. The standard InChI is InChI=1S/C17H23NO5/c1-10(2)13(14(19)20-3)11-6-12(18-23-11)16-7-17(8-16,9-16)15-21-4-5-22-15/h6,10,13,15H,4-5,7-9H2,1-3H3. The molecule has 1 unspecified atom stereocenters. The van der Waals surface area contributed by atoms with Crippen LogP contribution in [-0.2, 0) is 24.4 Å². The van der Waals surface area contributed by atoms with E-state index in [4.69, 9.17) is 18.7 Å². The molecule has 5 rings (SSSR count). The van der Waals surface area contributed by atoms with Crippen LogP contribution < -0.4 is 0 Å². The first-order valence-electron chi connectivity index (χ1n) is 8.28. The molecule has 1 aliphatic heterocycles. The van der Waals surface area contributed by atoms with Gasteiger partial charge >= 0.3 is 5.97 Å². The molecule has 23 heavy (non-hydrogen) atoms. The Kier molecular flexibility index (Phi) is 3.32. The van der Waals surface area contributed by atoms with E-state index in [0.717, 1.165) is 25.0 Å². The highest BCUT2D eigenvalue weighted by Crippen LogP contribution is 2.75. The number of rotatable bonds is 5. The van der Waals surface area contributed by atoms with Crippen molar-refractivity contribution in [2.45, 2.75) is 50.7 Å². The van der Waals surface area contributed by atoms with Gasteiger partial charge in [0.05, 0.1) is 26.0 Å². The molecule has 4 fully saturated rings. The molecule has 1 aromatic heterocycles. The van der Waals surface area contributed by atoms with E-state index in [1.807, 2.05) is 19.9 Å². The number of ether oxygens (including phenoxy) is 3. The summed E-state index contributed by atoms with van der Waals surface area (Å²) in [5, 5.41) is 4.26.